The maximum atomic E-state index is 13.6. The van der Waals surface area contributed by atoms with Gasteiger partial charge in [0, 0.05) is 19.2 Å². The van der Waals surface area contributed by atoms with E-state index in [0.29, 0.717) is 36.6 Å². The lowest BCUT2D eigenvalue weighted by Crippen LogP contribution is -2.53. The molecule has 1 atom stereocenters. The number of anilines is 1. The minimum absolute atomic E-state index is 0.0508. The summed E-state index contributed by atoms with van der Waals surface area (Å²) in [5.74, 6) is 0.238. The van der Waals surface area contributed by atoms with Crippen molar-refractivity contribution in [1.82, 2.24) is 10.2 Å². The third kappa shape index (κ3) is 7.13. The van der Waals surface area contributed by atoms with Crippen LogP contribution in [0.5, 0.6) is 11.5 Å². The Morgan fingerprint density at radius 3 is 2.44 bits per heavy atom. The average molecular weight is 518 g/mol. The molecule has 10 heteroatoms. The van der Waals surface area contributed by atoms with Crippen LogP contribution in [0.2, 0.25) is 0 Å². The summed E-state index contributed by atoms with van der Waals surface area (Å²) in [7, 11) is -3.81. The second-order valence-corrected chi connectivity index (χ2v) is 10.6. The molecule has 9 nitrogen and oxygen atoms in total. The van der Waals surface area contributed by atoms with Gasteiger partial charge in [-0.3, -0.25) is 13.9 Å². The van der Waals surface area contributed by atoms with E-state index in [1.807, 2.05) is 44.2 Å². The molecule has 2 aromatic rings. The Labute approximate surface area is 213 Å². The quantitative estimate of drug-likeness (QED) is 0.410. The van der Waals surface area contributed by atoms with Crippen LogP contribution >= 0.6 is 0 Å². The molecule has 1 unspecified atom stereocenters. The van der Waals surface area contributed by atoms with Gasteiger partial charge in [-0.15, -0.1) is 0 Å². The van der Waals surface area contributed by atoms with Crippen LogP contribution in [0.4, 0.5) is 5.69 Å². The maximum absolute atomic E-state index is 13.6. The lowest BCUT2D eigenvalue weighted by Gasteiger charge is -2.33. The zero-order valence-corrected chi connectivity index (χ0v) is 21.9. The molecule has 3 rings (SSSR count). The van der Waals surface area contributed by atoms with E-state index in [4.69, 9.17) is 9.47 Å². The van der Waals surface area contributed by atoms with E-state index < -0.39 is 28.5 Å². The number of fused-ring (bicyclic) bond motifs is 1. The van der Waals surface area contributed by atoms with Crippen molar-refractivity contribution in [3.8, 4) is 11.5 Å². The standard InChI is InChI=1S/C26H35N3O6S/c1-4-6-15-27-26(31)22(5-2)28(16-14-20-10-8-7-9-11-20)25(30)18-29(36(3,32)33)21-12-13-23-24(17-21)35-19-34-23/h7-13,17,22H,4-6,14-16,18-19H2,1-3H3,(H,27,31). The molecule has 0 radical (unpaired) electrons. The molecule has 1 aliphatic rings. The largest absolute Gasteiger partial charge is 0.454 e. The first-order valence-corrected chi connectivity index (χ1v) is 14.1. The van der Waals surface area contributed by atoms with Crippen LogP contribution in [-0.4, -0.2) is 63.9 Å². The Bertz CT molecular complexity index is 1140. The van der Waals surface area contributed by atoms with E-state index in [1.165, 1.54) is 4.90 Å². The van der Waals surface area contributed by atoms with E-state index in [0.717, 1.165) is 29.0 Å². The van der Waals surface area contributed by atoms with Gasteiger partial charge in [0.05, 0.1) is 11.9 Å². The minimum atomic E-state index is -3.81. The summed E-state index contributed by atoms with van der Waals surface area (Å²) in [6, 6.07) is 13.7. The average Bonchev–Trinajstić information content (AvgIpc) is 3.33. The molecule has 0 saturated carbocycles. The Hall–Kier alpha value is -3.27. The molecule has 2 aromatic carbocycles. The van der Waals surface area contributed by atoms with Gasteiger partial charge in [-0.05, 0) is 37.0 Å². The van der Waals surface area contributed by atoms with Crippen molar-refractivity contribution in [2.75, 3.05) is 37.0 Å². The van der Waals surface area contributed by atoms with E-state index >= 15 is 0 Å². The number of unbranched alkanes of at least 4 members (excludes halogenated alkanes) is 1. The molecule has 1 aliphatic heterocycles. The van der Waals surface area contributed by atoms with Crippen molar-refractivity contribution in [2.24, 2.45) is 0 Å². The van der Waals surface area contributed by atoms with Crippen molar-refractivity contribution < 1.29 is 27.5 Å². The van der Waals surface area contributed by atoms with Crippen LogP contribution in [0.25, 0.3) is 0 Å². The number of benzene rings is 2. The van der Waals surface area contributed by atoms with Crippen molar-refractivity contribution in [2.45, 2.75) is 45.6 Å². The molecule has 0 spiro atoms. The van der Waals surface area contributed by atoms with Gasteiger partial charge < -0.3 is 19.7 Å². The lowest BCUT2D eigenvalue weighted by atomic mass is 10.1. The zero-order chi connectivity index (χ0) is 26.1. The number of nitrogens with one attached hydrogen (secondary N) is 1. The van der Waals surface area contributed by atoms with Gasteiger partial charge in [-0.1, -0.05) is 50.6 Å². The second kappa shape index (κ2) is 12.6. The van der Waals surface area contributed by atoms with Crippen LogP contribution in [0.15, 0.2) is 48.5 Å². The Morgan fingerprint density at radius 1 is 1.06 bits per heavy atom. The van der Waals surface area contributed by atoms with Gasteiger partial charge >= 0.3 is 0 Å². The fourth-order valence-corrected chi connectivity index (χ4v) is 4.90. The van der Waals surface area contributed by atoms with Crippen molar-refractivity contribution in [3.05, 3.63) is 54.1 Å². The molecule has 1 heterocycles. The zero-order valence-electron chi connectivity index (χ0n) is 21.1. The van der Waals surface area contributed by atoms with Crippen LogP contribution < -0.4 is 19.1 Å². The summed E-state index contributed by atoms with van der Waals surface area (Å²) in [5, 5.41) is 2.92. The first-order valence-electron chi connectivity index (χ1n) is 12.2. The highest BCUT2D eigenvalue weighted by Crippen LogP contribution is 2.36. The molecule has 0 bridgehead atoms. The highest BCUT2D eigenvalue weighted by atomic mass is 32.2. The molecule has 1 N–H and O–H groups in total. The Balaban J connectivity index is 1.86. The minimum Gasteiger partial charge on any atom is -0.454 e. The molecule has 0 aromatic heterocycles. The number of carbonyl (C=O) groups is 2. The Kier molecular flexibility index (Phi) is 9.58. The van der Waals surface area contributed by atoms with Gasteiger partial charge in [0.1, 0.15) is 12.6 Å². The van der Waals surface area contributed by atoms with Crippen LogP contribution in [-0.2, 0) is 26.0 Å². The topological polar surface area (TPSA) is 105 Å². The van der Waals surface area contributed by atoms with Gasteiger partial charge in [0.2, 0.25) is 28.6 Å². The molecule has 0 fully saturated rings. The van der Waals surface area contributed by atoms with Crippen molar-refractivity contribution >= 4 is 27.5 Å². The van der Waals surface area contributed by atoms with Gasteiger partial charge in [0.25, 0.3) is 0 Å². The number of hydrogen-bond donors (Lipinski definition) is 1. The highest BCUT2D eigenvalue weighted by Gasteiger charge is 2.31. The van der Waals surface area contributed by atoms with E-state index in [-0.39, 0.29) is 19.2 Å². The van der Waals surface area contributed by atoms with E-state index in [2.05, 4.69) is 5.32 Å². The first-order chi connectivity index (χ1) is 17.2. The molecule has 36 heavy (non-hydrogen) atoms. The molecule has 0 saturated heterocycles. The summed E-state index contributed by atoms with van der Waals surface area (Å²) in [6.07, 6.45) is 3.77. The summed E-state index contributed by atoms with van der Waals surface area (Å²) in [4.78, 5) is 28.2. The fraction of sp³-hybridized carbons (Fsp3) is 0.462. The molecule has 0 aliphatic carbocycles. The summed E-state index contributed by atoms with van der Waals surface area (Å²) >= 11 is 0. The summed E-state index contributed by atoms with van der Waals surface area (Å²) in [6.45, 7) is 4.30. The summed E-state index contributed by atoms with van der Waals surface area (Å²) in [5.41, 5.74) is 1.31. The van der Waals surface area contributed by atoms with Crippen molar-refractivity contribution in [1.29, 1.82) is 0 Å². The molecule has 2 amide bonds. The van der Waals surface area contributed by atoms with Crippen molar-refractivity contribution in [3.63, 3.8) is 0 Å². The predicted octanol–water partition coefficient (Wildman–Crippen LogP) is 2.95. The third-order valence-electron chi connectivity index (χ3n) is 6.02. The first kappa shape index (κ1) is 27.3. The second-order valence-electron chi connectivity index (χ2n) is 8.70. The van der Waals surface area contributed by atoms with Gasteiger partial charge in [-0.25, -0.2) is 8.42 Å². The number of sulfonamides is 1. The van der Waals surface area contributed by atoms with Crippen LogP contribution in [0, 0.1) is 0 Å². The monoisotopic (exact) mass is 517 g/mol. The normalized spacial score (nSPS) is 13.2. The predicted molar refractivity (Wildman–Crippen MR) is 139 cm³/mol. The van der Waals surface area contributed by atoms with E-state index in [9.17, 15) is 18.0 Å². The Morgan fingerprint density at radius 2 is 1.78 bits per heavy atom. The highest BCUT2D eigenvalue weighted by molar-refractivity contribution is 7.92. The van der Waals surface area contributed by atoms with Gasteiger partial charge in [-0.2, -0.15) is 0 Å². The van der Waals surface area contributed by atoms with Gasteiger partial charge in [0.15, 0.2) is 11.5 Å². The molecular formula is C26H35N3O6S. The number of carbonyl (C=O) groups excluding carboxylic acids is 2. The lowest BCUT2D eigenvalue weighted by molar-refractivity contribution is -0.139. The smallest absolute Gasteiger partial charge is 0.244 e. The number of ether oxygens (including phenoxy) is 2. The fourth-order valence-electron chi connectivity index (χ4n) is 4.06. The van der Waals surface area contributed by atoms with Crippen LogP contribution in [0.1, 0.15) is 38.7 Å². The number of nitrogens with zero attached hydrogens (tertiary/aromatic N) is 2. The molecule has 196 valence electrons. The third-order valence-corrected chi connectivity index (χ3v) is 7.16. The maximum Gasteiger partial charge on any atom is 0.244 e. The number of rotatable bonds is 13. The van der Waals surface area contributed by atoms with Crippen LogP contribution in [0.3, 0.4) is 0 Å². The van der Waals surface area contributed by atoms with E-state index in [1.54, 1.807) is 18.2 Å². The summed E-state index contributed by atoms with van der Waals surface area (Å²) < 4.78 is 37.2. The SMILES string of the molecule is CCCCNC(=O)C(CC)N(CCc1ccccc1)C(=O)CN(c1ccc2c(c1)OCO2)S(C)(=O)=O. The number of amides is 2. The number of hydrogen-bond acceptors (Lipinski definition) is 6. The molecular weight excluding hydrogens is 482 g/mol.